The number of aromatic amines is 1. The molecule has 1 atom stereocenters. The Hall–Kier alpha value is -2.80. The molecule has 0 aliphatic carbocycles. The Kier molecular flexibility index (Phi) is 4.15. The lowest BCUT2D eigenvalue weighted by Crippen LogP contribution is -2.32. The van der Waals surface area contributed by atoms with Gasteiger partial charge in [0.1, 0.15) is 0 Å². The van der Waals surface area contributed by atoms with E-state index in [0.29, 0.717) is 11.6 Å². The van der Waals surface area contributed by atoms with Gasteiger partial charge in [0.05, 0.1) is 22.8 Å². The van der Waals surface area contributed by atoms with Crippen molar-refractivity contribution in [2.45, 2.75) is 13.0 Å². The predicted octanol–water partition coefficient (Wildman–Crippen LogP) is 2.94. The van der Waals surface area contributed by atoms with Crippen molar-refractivity contribution in [3.63, 3.8) is 0 Å². The second-order valence-electron chi connectivity index (χ2n) is 5.77. The highest BCUT2D eigenvalue weighted by Crippen LogP contribution is 2.18. The summed E-state index contributed by atoms with van der Waals surface area (Å²) in [6.45, 7) is 2.09. The standard InChI is InChI=1S/C18H17N5OS/c1-12(13-7-3-2-4-8-13)19-17-22-21-16(11-25-17)23-15-10-6-5-9-14(15)20-18(23)24/h2-10,12H,11H2,1H3,(H,19,22)(H,20,24). The Morgan fingerprint density at radius 2 is 1.88 bits per heavy atom. The maximum Gasteiger partial charge on any atom is 0.332 e. The molecule has 6 nitrogen and oxygen atoms in total. The van der Waals surface area contributed by atoms with Crippen LogP contribution in [0.2, 0.25) is 0 Å². The summed E-state index contributed by atoms with van der Waals surface area (Å²) in [5, 5.41) is 12.7. The fourth-order valence-electron chi connectivity index (χ4n) is 2.79. The number of fused-ring (bicyclic) bond motifs is 1. The van der Waals surface area contributed by atoms with Crippen molar-refractivity contribution in [1.82, 2.24) is 14.9 Å². The number of rotatable bonds is 2. The van der Waals surface area contributed by atoms with Crippen molar-refractivity contribution < 1.29 is 0 Å². The average molecular weight is 351 g/mol. The first-order chi connectivity index (χ1) is 12.2. The molecule has 3 aromatic rings. The van der Waals surface area contributed by atoms with Gasteiger partial charge in [-0.2, -0.15) is 0 Å². The molecule has 1 aromatic heterocycles. The number of para-hydroxylation sites is 2. The molecular weight excluding hydrogens is 334 g/mol. The van der Waals surface area contributed by atoms with Crippen LogP contribution >= 0.6 is 11.8 Å². The number of thioether (sulfide) groups is 1. The highest BCUT2D eigenvalue weighted by atomic mass is 32.2. The minimum absolute atomic E-state index is 0.139. The molecule has 4 rings (SSSR count). The number of aromatic nitrogens is 2. The number of hydrogen-bond acceptors (Lipinski definition) is 5. The topological polar surface area (TPSA) is 74.5 Å². The van der Waals surface area contributed by atoms with Crippen LogP contribution in [0.25, 0.3) is 11.0 Å². The minimum Gasteiger partial charge on any atom is -0.357 e. The molecule has 1 aliphatic heterocycles. The molecule has 2 heterocycles. The van der Waals surface area contributed by atoms with Crippen molar-refractivity contribution in [3.05, 3.63) is 70.6 Å². The summed E-state index contributed by atoms with van der Waals surface area (Å²) in [5.41, 5.74) is 2.61. The molecule has 0 saturated heterocycles. The van der Waals surface area contributed by atoms with Gasteiger partial charge in [0, 0.05) is 0 Å². The number of nitrogens with one attached hydrogen (secondary N) is 2. The maximum absolute atomic E-state index is 12.2. The Bertz CT molecular complexity index is 1020. The van der Waals surface area contributed by atoms with Gasteiger partial charge in [-0.05, 0) is 24.6 Å². The summed E-state index contributed by atoms with van der Waals surface area (Å²) in [6, 6.07) is 17.9. The van der Waals surface area contributed by atoms with E-state index in [0.717, 1.165) is 16.2 Å². The second kappa shape index (κ2) is 6.60. The van der Waals surface area contributed by atoms with Gasteiger partial charge in [-0.3, -0.25) is 0 Å². The van der Waals surface area contributed by atoms with Crippen LogP contribution in [0.15, 0.2) is 69.6 Å². The fourth-order valence-corrected chi connectivity index (χ4v) is 3.61. The molecule has 25 heavy (non-hydrogen) atoms. The van der Waals surface area contributed by atoms with E-state index in [1.165, 1.54) is 5.56 Å². The quantitative estimate of drug-likeness (QED) is 0.745. The molecule has 0 fully saturated rings. The molecule has 1 aliphatic rings. The zero-order valence-electron chi connectivity index (χ0n) is 13.6. The van der Waals surface area contributed by atoms with Crippen LogP contribution in [0.4, 0.5) is 0 Å². The third-order valence-electron chi connectivity index (χ3n) is 4.08. The van der Waals surface area contributed by atoms with Crippen molar-refractivity contribution in [2.75, 3.05) is 5.75 Å². The Morgan fingerprint density at radius 1 is 1.12 bits per heavy atom. The number of benzene rings is 2. The van der Waals surface area contributed by atoms with Crippen molar-refractivity contribution >= 4 is 33.8 Å². The molecular formula is C18H17N5OS. The maximum atomic E-state index is 12.2. The first kappa shape index (κ1) is 15.7. The number of amidine groups is 1. The normalized spacial score (nSPS) is 15.6. The fraction of sp³-hybridized carbons (Fsp3) is 0.167. The van der Waals surface area contributed by atoms with Crippen LogP contribution in [0.1, 0.15) is 18.5 Å². The summed E-state index contributed by atoms with van der Waals surface area (Å²) < 4.78 is 1.59. The van der Waals surface area contributed by atoms with Gasteiger partial charge in [0.2, 0.25) is 0 Å². The molecule has 7 heteroatoms. The van der Waals surface area contributed by atoms with E-state index in [9.17, 15) is 4.79 Å². The molecule has 0 saturated carbocycles. The van der Waals surface area contributed by atoms with Crippen molar-refractivity contribution in [1.29, 1.82) is 0 Å². The van der Waals surface area contributed by atoms with Crippen LogP contribution in [0.3, 0.4) is 0 Å². The summed E-state index contributed by atoms with van der Waals surface area (Å²) in [7, 11) is 0. The third-order valence-corrected chi connectivity index (χ3v) is 4.96. The van der Waals surface area contributed by atoms with Crippen LogP contribution in [-0.2, 0) is 0 Å². The molecule has 1 unspecified atom stereocenters. The average Bonchev–Trinajstić information content (AvgIpc) is 2.99. The van der Waals surface area contributed by atoms with E-state index < -0.39 is 0 Å². The summed E-state index contributed by atoms with van der Waals surface area (Å²) in [4.78, 5) is 15.1. The Balaban J connectivity index is 1.58. The zero-order valence-corrected chi connectivity index (χ0v) is 14.5. The first-order valence-electron chi connectivity index (χ1n) is 8.01. The van der Waals surface area contributed by atoms with Gasteiger partial charge in [0.15, 0.2) is 11.0 Å². The highest BCUT2D eigenvalue weighted by molar-refractivity contribution is 8.14. The van der Waals surface area contributed by atoms with Gasteiger partial charge in [-0.25, -0.2) is 9.36 Å². The van der Waals surface area contributed by atoms with Crippen LogP contribution in [-0.4, -0.2) is 26.3 Å². The van der Waals surface area contributed by atoms with E-state index in [2.05, 4.69) is 39.6 Å². The molecule has 0 radical (unpaired) electrons. The molecule has 2 N–H and O–H groups in total. The largest absolute Gasteiger partial charge is 0.357 e. The Morgan fingerprint density at radius 3 is 2.64 bits per heavy atom. The molecule has 0 bridgehead atoms. The third kappa shape index (κ3) is 3.10. The van der Waals surface area contributed by atoms with Gasteiger partial charge < -0.3 is 10.3 Å². The zero-order chi connectivity index (χ0) is 17.2. The number of hydrogen-bond donors (Lipinski definition) is 2. The van der Waals surface area contributed by atoms with Gasteiger partial charge in [0.25, 0.3) is 0 Å². The molecule has 0 amide bonds. The molecule has 2 aromatic carbocycles. The number of H-pyrrole nitrogens is 1. The highest BCUT2D eigenvalue weighted by Gasteiger charge is 2.18. The summed E-state index contributed by atoms with van der Waals surface area (Å²) in [5.74, 6) is 1.21. The summed E-state index contributed by atoms with van der Waals surface area (Å²) >= 11 is 1.54. The van der Waals surface area contributed by atoms with Crippen LogP contribution < -0.4 is 11.0 Å². The summed E-state index contributed by atoms with van der Waals surface area (Å²) in [6.07, 6.45) is 0. The van der Waals surface area contributed by atoms with Gasteiger partial charge >= 0.3 is 5.69 Å². The van der Waals surface area contributed by atoms with Gasteiger partial charge in [-0.1, -0.05) is 54.2 Å². The Labute approximate surface area is 148 Å². The van der Waals surface area contributed by atoms with E-state index in [4.69, 9.17) is 0 Å². The lowest BCUT2D eigenvalue weighted by molar-refractivity contribution is 0.721. The van der Waals surface area contributed by atoms with Crippen LogP contribution in [0.5, 0.6) is 0 Å². The number of imidazole rings is 1. The predicted molar refractivity (Wildman–Crippen MR) is 103 cm³/mol. The first-order valence-corrected chi connectivity index (χ1v) is 9.00. The SMILES string of the molecule is CC(NC1=NN=C(n2c(=O)[nH]c3ccccc32)CS1)c1ccccc1. The smallest absolute Gasteiger partial charge is 0.332 e. The van der Waals surface area contributed by atoms with Crippen molar-refractivity contribution in [3.8, 4) is 0 Å². The molecule has 0 spiro atoms. The lowest BCUT2D eigenvalue weighted by atomic mass is 10.1. The number of nitrogens with zero attached hydrogens (tertiary/aromatic N) is 3. The second-order valence-corrected chi connectivity index (χ2v) is 6.73. The van der Waals surface area contributed by atoms with E-state index in [1.54, 1.807) is 16.3 Å². The van der Waals surface area contributed by atoms with E-state index in [-0.39, 0.29) is 11.7 Å². The van der Waals surface area contributed by atoms with E-state index in [1.807, 2.05) is 42.5 Å². The molecule has 126 valence electrons. The lowest BCUT2D eigenvalue weighted by Gasteiger charge is -2.18. The minimum atomic E-state index is -0.190. The van der Waals surface area contributed by atoms with Gasteiger partial charge in [-0.15, -0.1) is 10.2 Å². The monoisotopic (exact) mass is 351 g/mol. The van der Waals surface area contributed by atoms with E-state index >= 15 is 0 Å². The van der Waals surface area contributed by atoms with Crippen molar-refractivity contribution in [2.24, 2.45) is 10.2 Å². The van der Waals surface area contributed by atoms with Crippen LogP contribution in [0, 0.1) is 0 Å².